The van der Waals surface area contributed by atoms with Crippen molar-refractivity contribution in [2.75, 3.05) is 20.2 Å². The van der Waals surface area contributed by atoms with Crippen molar-refractivity contribution in [3.63, 3.8) is 0 Å². The molecule has 3 N–H and O–H groups in total. The molecule has 0 heterocycles. The number of carbonyl (C=O) groups excluding carboxylic acids is 1. The van der Waals surface area contributed by atoms with Crippen LogP contribution in [0.25, 0.3) is 0 Å². The molecule has 3 rings (SSSR count). The summed E-state index contributed by atoms with van der Waals surface area (Å²) in [4.78, 5) is 17.2. The first-order chi connectivity index (χ1) is 16.0. The summed E-state index contributed by atoms with van der Waals surface area (Å²) in [6.45, 7) is 2.90. The quantitative estimate of drug-likeness (QED) is 0.259. The summed E-state index contributed by atoms with van der Waals surface area (Å²) in [6.07, 6.45) is 5.12. The maximum Gasteiger partial charge on any atom is 0.255 e. The Kier molecular flexibility index (Phi) is 8.25. The molecule has 2 aromatic rings. The molecule has 0 aromatic heterocycles. The van der Waals surface area contributed by atoms with Crippen molar-refractivity contribution in [2.24, 2.45) is 4.99 Å². The number of rotatable bonds is 7. The number of nitriles is 1. The first-order valence-corrected chi connectivity index (χ1v) is 11.1. The predicted molar refractivity (Wildman–Crippen MR) is 126 cm³/mol. The summed E-state index contributed by atoms with van der Waals surface area (Å²) in [5.74, 6) is 0.505. The van der Waals surface area contributed by atoms with Gasteiger partial charge >= 0.3 is 0 Å². The number of hydrogen-bond donors (Lipinski definition) is 3. The second-order valence-corrected chi connectivity index (χ2v) is 8.15. The highest BCUT2D eigenvalue weighted by atomic mass is 19.1. The fourth-order valence-electron chi connectivity index (χ4n) is 4.39. The lowest BCUT2D eigenvalue weighted by Crippen LogP contribution is -2.49. The molecular weight excluding hydrogens is 421 g/mol. The Morgan fingerprint density at radius 3 is 2.55 bits per heavy atom. The van der Waals surface area contributed by atoms with Gasteiger partial charge in [-0.1, -0.05) is 24.3 Å². The molecule has 2 aromatic carbocycles. The second kappa shape index (κ2) is 11.3. The van der Waals surface area contributed by atoms with Crippen molar-refractivity contribution in [2.45, 2.75) is 44.1 Å². The minimum Gasteiger partial charge on any atom is -0.496 e. The highest BCUT2D eigenvalue weighted by Crippen LogP contribution is 2.39. The third-order valence-electron chi connectivity index (χ3n) is 6.17. The third kappa shape index (κ3) is 6.01. The lowest BCUT2D eigenvalue weighted by Gasteiger charge is -2.41. The molecule has 1 aliphatic carbocycles. The first-order valence-electron chi connectivity index (χ1n) is 11.1. The Hall–Kier alpha value is -3.60. The van der Waals surface area contributed by atoms with Crippen molar-refractivity contribution in [1.82, 2.24) is 16.0 Å². The fraction of sp³-hybridized carbons (Fsp3) is 0.400. The van der Waals surface area contributed by atoms with E-state index in [4.69, 9.17) is 10.00 Å². The van der Waals surface area contributed by atoms with E-state index in [2.05, 4.69) is 20.9 Å². The van der Waals surface area contributed by atoms with Gasteiger partial charge in [0.25, 0.3) is 5.91 Å². The zero-order chi connectivity index (χ0) is 23.7. The van der Waals surface area contributed by atoms with Gasteiger partial charge in [-0.2, -0.15) is 5.26 Å². The van der Waals surface area contributed by atoms with E-state index in [0.717, 1.165) is 31.2 Å². The van der Waals surface area contributed by atoms with Crippen LogP contribution in [0.1, 0.15) is 48.5 Å². The Labute approximate surface area is 194 Å². The van der Waals surface area contributed by atoms with E-state index in [-0.39, 0.29) is 23.2 Å². The van der Waals surface area contributed by atoms with Crippen molar-refractivity contribution in [3.05, 3.63) is 65.5 Å². The molecule has 7 nitrogen and oxygen atoms in total. The maximum atomic E-state index is 13.6. The van der Waals surface area contributed by atoms with Crippen LogP contribution in [0.2, 0.25) is 0 Å². The summed E-state index contributed by atoms with van der Waals surface area (Å²) in [5.41, 5.74) is 1.15. The average Bonchev–Trinajstić information content (AvgIpc) is 2.84. The molecular formula is C25H30FN5O2. The fourth-order valence-corrected chi connectivity index (χ4v) is 4.39. The van der Waals surface area contributed by atoms with Crippen LogP contribution in [0.15, 0.2) is 53.5 Å². The molecule has 0 aliphatic heterocycles. The molecule has 0 atom stereocenters. The van der Waals surface area contributed by atoms with Gasteiger partial charge in [0.2, 0.25) is 5.96 Å². The summed E-state index contributed by atoms with van der Waals surface area (Å²) < 4.78 is 18.9. The molecule has 0 spiro atoms. The number of guanidine groups is 1. The van der Waals surface area contributed by atoms with Gasteiger partial charge in [0, 0.05) is 24.5 Å². The smallest absolute Gasteiger partial charge is 0.255 e. The number of methoxy groups -OCH3 is 1. The molecule has 1 amide bonds. The number of benzene rings is 2. The number of ether oxygens (including phenoxy) is 1. The molecule has 0 bridgehead atoms. The Bertz CT molecular complexity index is 1010. The summed E-state index contributed by atoms with van der Waals surface area (Å²) in [5, 5.41) is 17.9. The van der Waals surface area contributed by atoms with Crippen LogP contribution in [0.4, 0.5) is 4.39 Å². The molecule has 0 unspecified atom stereocenters. The zero-order valence-electron chi connectivity index (χ0n) is 19.0. The number of aliphatic imine (C=N–C) groups is 1. The number of hydrogen-bond acceptors (Lipinski definition) is 4. The first kappa shape index (κ1) is 24.1. The van der Waals surface area contributed by atoms with Gasteiger partial charge in [0.1, 0.15) is 11.6 Å². The van der Waals surface area contributed by atoms with Crippen LogP contribution in [-0.2, 0) is 5.41 Å². The van der Waals surface area contributed by atoms with Crippen molar-refractivity contribution in [1.29, 1.82) is 5.26 Å². The highest BCUT2D eigenvalue weighted by molar-refractivity contribution is 5.97. The maximum absolute atomic E-state index is 13.6. The second-order valence-electron chi connectivity index (χ2n) is 8.15. The van der Waals surface area contributed by atoms with Gasteiger partial charge in [-0.05, 0) is 62.4 Å². The van der Waals surface area contributed by atoms with Crippen LogP contribution in [0.5, 0.6) is 5.75 Å². The van der Waals surface area contributed by atoms with Crippen LogP contribution in [0, 0.1) is 17.3 Å². The SMILES string of the molecule is CCN=C(NC#N)NC1CCC(CNC(=O)c2ccccc2OC)(c2ccc(F)cc2)CC1. The minimum atomic E-state index is -0.325. The molecule has 33 heavy (non-hydrogen) atoms. The van der Waals surface area contributed by atoms with E-state index in [1.165, 1.54) is 19.2 Å². The Morgan fingerprint density at radius 1 is 1.21 bits per heavy atom. The van der Waals surface area contributed by atoms with Gasteiger partial charge in [0.05, 0.1) is 12.7 Å². The highest BCUT2D eigenvalue weighted by Gasteiger charge is 2.37. The van der Waals surface area contributed by atoms with Gasteiger partial charge in [-0.3, -0.25) is 15.1 Å². The van der Waals surface area contributed by atoms with Gasteiger partial charge < -0.3 is 15.4 Å². The predicted octanol–water partition coefficient (Wildman–Crippen LogP) is 3.48. The number of nitrogens with one attached hydrogen (secondary N) is 3. The van der Waals surface area contributed by atoms with Crippen LogP contribution < -0.4 is 20.7 Å². The van der Waals surface area contributed by atoms with E-state index < -0.39 is 0 Å². The number of amides is 1. The number of nitrogens with zero attached hydrogens (tertiary/aromatic N) is 2. The largest absolute Gasteiger partial charge is 0.496 e. The lowest BCUT2D eigenvalue weighted by molar-refractivity contribution is 0.0932. The lowest BCUT2D eigenvalue weighted by atomic mass is 9.68. The van der Waals surface area contributed by atoms with Crippen LogP contribution in [-0.4, -0.2) is 38.1 Å². The minimum absolute atomic E-state index is 0.148. The molecule has 1 fully saturated rings. The third-order valence-corrected chi connectivity index (χ3v) is 6.17. The van der Waals surface area contributed by atoms with E-state index >= 15 is 0 Å². The van der Waals surface area contributed by atoms with E-state index in [0.29, 0.717) is 30.4 Å². The number of para-hydroxylation sites is 1. The molecule has 0 radical (unpaired) electrons. The van der Waals surface area contributed by atoms with Gasteiger partial charge in [-0.15, -0.1) is 0 Å². The van der Waals surface area contributed by atoms with Crippen LogP contribution >= 0.6 is 0 Å². The van der Waals surface area contributed by atoms with Gasteiger partial charge in [-0.25, -0.2) is 4.39 Å². The van der Waals surface area contributed by atoms with E-state index in [1.807, 2.05) is 19.2 Å². The van der Waals surface area contributed by atoms with Gasteiger partial charge in [0.15, 0.2) is 6.19 Å². The number of carbonyl (C=O) groups is 1. The Balaban J connectivity index is 1.75. The standard InChI is InChI=1S/C25H30FN5O2/c1-3-28-24(30-17-27)31-20-12-14-25(15-13-20,18-8-10-19(26)11-9-18)16-29-23(32)21-6-4-5-7-22(21)33-2/h4-11,20H,3,12-16H2,1-2H3,(H,29,32)(H2,28,30,31). The molecule has 0 saturated heterocycles. The summed E-state index contributed by atoms with van der Waals surface area (Å²) >= 11 is 0. The topological polar surface area (TPSA) is 98.5 Å². The molecule has 1 aliphatic rings. The van der Waals surface area contributed by atoms with Crippen molar-refractivity contribution < 1.29 is 13.9 Å². The molecule has 1 saturated carbocycles. The summed E-state index contributed by atoms with van der Waals surface area (Å²) in [7, 11) is 1.54. The van der Waals surface area contributed by atoms with Crippen molar-refractivity contribution >= 4 is 11.9 Å². The van der Waals surface area contributed by atoms with Crippen molar-refractivity contribution in [3.8, 4) is 11.9 Å². The normalized spacial score (nSPS) is 20.4. The number of halogens is 1. The average molecular weight is 452 g/mol. The van der Waals surface area contributed by atoms with Crippen LogP contribution in [0.3, 0.4) is 0 Å². The molecule has 8 heteroatoms. The van der Waals surface area contributed by atoms with E-state index in [9.17, 15) is 9.18 Å². The molecule has 174 valence electrons. The Morgan fingerprint density at radius 2 is 1.91 bits per heavy atom. The monoisotopic (exact) mass is 451 g/mol. The van der Waals surface area contributed by atoms with E-state index in [1.54, 1.807) is 30.3 Å². The zero-order valence-corrected chi connectivity index (χ0v) is 19.0. The summed E-state index contributed by atoms with van der Waals surface area (Å²) in [6, 6.07) is 13.8.